The summed E-state index contributed by atoms with van der Waals surface area (Å²) in [6.07, 6.45) is 3.41. The number of aromatic amines is 1. The Balaban J connectivity index is 1.65. The van der Waals surface area contributed by atoms with Gasteiger partial charge in [-0.2, -0.15) is 0 Å². The minimum absolute atomic E-state index is 0.0994. The van der Waals surface area contributed by atoms with Gasteiger partial charge in [0.2, 0.25) is 0 Å². The third-order valence-electron chi connectivity index (χ3n) is 5.23. The highest BCUT2D eigenvalue weighted by atomic mass is 35.5. The summed E-state index contributed by atoms with van der Waals surface area (Å²) in [6.45, 7) is 0. The molecule has 0 unspecified atom stereocenters. The zero-order chi connectivity index (χ0) is 19.8. The van der Waals surface area contributed by atoms with Crippen molar-refractivity contribution in [3.8, 4) is 5.69 Å². The molecule has 2 aromatic heterocycles. The van der Waals surface area contributed by atoms with E-state index in [2.05, 4.69) is 17.1 Å². The number of aromatic nitrogens is 3. The number of aryl methyl sites for hydroxylation is 2. The Labute approximate surface area is 172 Å². The van der Waals surface area contributed by atoms with E-state index in [0.717, 1.165) is 11.9 Å². The van der Waals surface area contributed by atoms with Gasteiger partial charge in [0.1, 0.15) is 5.82 Å². The van der Waals surface area contributed by atoms with Crippen LogP contribution in [0.1, 0.15) is 11.4 Å². The number of nitrogens with one attached hydrogen (secondary N) is 1. The van der Waals surface area contributed by atoms with Gasteiger partial charge in [-0.05, 0) is 42.3 Å². The van der Waals surface area contributed by atoms with Gasteiger partial charge >= 0.3 is 0 Å². The molecular formula is C24H18ClN3O. The summed E-state index contributed by atoms with van der Waals surface area (Å²) < 4.78 is 1.65. The lowest BCUT2D eigenvalue weighted by Crippen LogP contribution is -2.24. The van der Waals surface area contributed by atoms with Crippen molar-refractivity contribution in [3.05, 3.63) is 106 Å². The first-order valence-electron chi connectivity index (χ1n) is 9.53. The van der Waals surface area contributed by atoms with Crippen LogP contribution >= 0.6 is 11.6 Å². The van der Waals surface area contributed by atoms with Gasteiger partial charge in [-0.15, -0.1) is 0 Å². The Kier molecular flexibility index (Phi) is 4.41. The van der Waals surface area contributed by atoms with Crippen LogP contribution in [0.2, 0.25) is 5.02 Å². The predicted octanol–water partition coefficient (Wildman–Crippen LogP) is 5.31. The van der Waals surface area contributed by atoms with E-state index in [-0.39, 0.29) is 5.56 Å². The van der Waals surface area contributed by atoms with Crippen molar-refractivity contribution in [2.24, 2.45) is 0 Å². The number of H-pyrrole nitrogens is 1. The fourth-order valence-corrected chi connectivity index (χ4v) is 4.03. The molecule has 142 valence electrons. The molecule has 0 amide bonds. The summed E-state index contributed by atoms with van der Waals surface area (Å²) in [7, 11) is 0. The molecule has 0 radical (unpaired) electrons. The van der Waals surface area contributed by atoms with Gasteiger partial charge in [-0.3, -0.25) is 9.36 Å². The van der Waals surface area contributed by atoms with Crippen LogP contribution in [0.5, 0.6) is 0 Å². The van der Waals surface area contributed by atoms with Crippen LogP contribution in [-0.4, -0.2) is 14.5 Å². The molecule has 0 fully saturated rings. The smallest absolute Gasteiger partial charge is 0.266 e. The largest absolute Gasteiger partial charge is 0.361 e. The number of rotatable bonds is 4. The standard InChI is InChI=1S/C24H18ClN3O/c25-19-9-3-6-12-22(19)28-23(27-21-11-5-2-8-18(21)24(28)29)14-13-16-15-26-20-10-4-1-7-17(16)20/h1-12,15,26H,13-14H2. The maximum absolute atomic E-state index is 13.3. The van der Waals surface area contributed by atoms with E-state index in [1.807, 2.05) is 54.7 Å². The number of fused-ring (bicyclic) bond motifs is 2. The lowest BCUT2D eigenvalue weighted by molar-refractivity contribution is 0.791. The zero-order valence-corrected chi connectivity index (χ0v) is 16.4. The Morgan fingerprint density at radius 1 is 0.862 bits per heavy atom. The van der Waals surface area contributed by atoms with Gasteiger partial charge in [0.05, 0.1) is 21.6 Å². The quantitative estimate of drug-likeness (QED) is 0.445. The van der Waals surface area contributed by atoms with Crippen LogP contribution in [0.4, 0.5) is 0 Å². The van der Waals surface area contributed by atoms with Crippen LogP contribution < -0.4 is 5.56 Å². The van der Waals surface area contributed by atoms with Gasteiger partial charge in [-0.1, -0.05) is 54.1 Å². The monoisotopic (exact) mass is 399 g/mol. The van der Waals surface area contributed by atoms with Crippen molar-refractivity contribution < 1.29 is 0 Å². The molecule has 0 aliphatic rings. The van der Waals surface area contributed by atoms with Crippen molar-refractivity contribution in [3.63, 3.8) is 0 Å². The molecule has 0 saturated carbocycles. The predicted molar refractivity (Wildman–Crippen MR) is 118 cm³/mol. The first kappa shape index (κ1) is 17.7. The Hall–Kier alpha value is -3.37. The molecule has 0 saturated heterocycles. The molecule has 0 spiro atoms. The van der Waals surface area contributed by atoms with E-state index in [0.29, 0.717) is 33.9 Å². The molecule has 5 rings (SSSR count). The van der Waals surface area contributed by atoms with Crippen molar-refractivity contribution in [1.82, 2.24) is 14.5 Å². The second-order valence-electron chi connectivity index (χ2n) is 7.00. The van der Waals surface area contributed by atoms with Crippen LogP contribution in [-0.2, 0) is 12.8 Å². The number of hydrogen-bond donors (Lipinski definition) is 1. The molecule has 1 N–H and O–H groups in total. The number of para-hydroxylation sites is 3. The first-order valence-corrected chi connectivity index (χ1v) is 9.91. The lowest BCUT2D eigenvalue weighted by Gasteiger charge is -2.15. The Morgan fingerprint density at radius 3 is 2.45 bits per heavy atom. The average Bonchev–Trinajstić information content (AvgIpc) is 3.16. The average molecular weight is 400 g/mol. The summed E-state index contributed by atoms with van der Waals surface area (Å²) in [4.78, 5) is 21.5. The van der Waals surface area contributed by atoms with Crippen molar-refractivity contribution in [2.45, 2.75) is 12.8 Å². The van der Waals surface area contributed by atoms with Gasteiger partial charge in [0.25, 0.3) is 5.56 Å². The van der Waals surface area contributed by atoms with Crippen molar-refractivity contribution >= 4 is 33.4 Å². The molecule has 3 aromatic carbocycles. The van der Waals surface area contributed by atoms with Crippen LogP contribution in [0.3, 0.4) is 0 Å². The molecule has 0 atom stereocenters. The van der Waals surface area contributed by atoms with E-state index < -0.39 is 0 Å². The summed E-state index contributed by atoms with van der Waals surface area (Å²) in [5.41, 5.74) is 3.57. The minimum atomic E-state index is -0.0994. The second-order valence-corrected chi connectivity index (χ2v) is 7.40. The molecule has 4 nitrogen and oxygen atoms in total. The fraction of sp³-hybridized carbons (Fsp3) is 0.0833. The summed E-state index contributed by atoms with van der Waals surface area (Å²) >= 11 is 6.44. The summed E-state index contributed by atoms with van der Waals surface area (Å²) in [6, 6.07) is 23.1. The Morgan fingerprint density at radius 2 is 1.59 bits per heavy atom. The van der Waals surface area contributed by atoms with Crippen molar-refractivity contribution in [2.75, 3.05) is 0 Å². The third kappa shape index (κ3) is 3.12. The van der Waals surface area contributed by atoms with Crippen LogP contribution in [0.25, 0.3) is 27.5 Å². The van der Waals surface area contributed by atoms with E-state index in [1.165, 1.54) is 10.9 Å². The van der Waals surface area contributed by atoms with Gasteiger partial charge in [-0.25, -0.2) is 4.98 Å². The lowest BCUT2D eigenvalue weighted by atomic mass is 10.1. The maximum Gasteiger partial charge on any atom is 0.266 e. The molecule has 5 heteroatoms. The van der Waals surface area contributed by atoms with Gasteiger partial charge < -0.3 is 4.98 Å². The molecule has 0 aliphatic heterocycles. The minimum Gasteiger partial charge on any atom is -0.361 e. The molecular weight excluding hydrogens is 382 g/mol. The topological polar surface area (TPSA) is 50.7 Å². The first-order chi connectivity index (χ1) is 14.2. The zero-order valence-electron chi connectivity index (χ0n) is 15.6. The molecule has 0 bridgehead atoms. The highest BCUT2D eigenvalue weighted by Crippen LogP contribution is 2.23. The second kappa shape index (κ2) is 7.22. The Bertz CT molecular complexity index is 1400. The third-order valence-corrected chi connectivity index (χ3v) is 5.55. The number of halogens is 1. The summed E-state index contributed by atoms with van der Waals surface area (Å²) in [5, 5.41) is 2.31. The van der Waals surface area contributed by atoms with Gasteiger partial charge in [0.15, 0.2) is 0 Å². The van der Waals surface area contributed by atoms with Gasteiger partial charge in [0, 0.05) is 23.5 Å². The molecule has 29 heavy (non-hydrogen) atoms. The van der Waals surface area contributed by atoms with Crippen LogP contribution in [0.15, 0.2) is 83.8 Å². The number of nitrogens with zero attached hydrogens (tertiary/aromatic N) is 2. The molecule has 2 heterocycles. The van der Waals surface area contributed by atoms with Crippen molar-refractivity contribution in [1.29, 1.82) is 0 Å². The maximum atomic E-state index is 13.3. The highest BCUT2D eigenvalue weighted by molar-refractivity contribution is 6.32. The molecule has 5 aromatic rings. The highest BCUT2D eigenvalue weighted by Gasteiger charge is 2.15. The van der Waals surface area contributed by atoms with E-state index in [4.69, 9.17) is 16.6 Å². The number of hydrogen-bond acceptors (Lipinski definition) is 2. The molecule has 0 aliphatic carbocycles. The number of benzene rings is 3. The SMILES string of the molecule is O=c1c2ccccc2nc(CCc2c[nH]c3ccccc23)n1-c1ccccc1Cl. The fourth-order valence-electron chi connectivity index (χ4n) is 3.81. The van der Waals surface area contributed by atoms with E-state index in [9.17, 15) is 4.79 Å². The van der Waals surface area contributed by atoms with Crippen LogP contribution in [0, 0.1) is 0 Å². The van der Waals surface area contributed by atoms with E-state index >= 15 is 0 Å². The summed E-state index contributed by atoms with van der Waals surface area (Å²) in [5.74, 6) is 0.701. The van der Waals surface area contributed by atoms with E-state index in [1.54, 1.807) is 16.7 Å². The normalized spacial score (nSPS) is 11.3.